The minimum Gasteiger partial charge on any atom is -0.494 e. The second-order valence-corrected chi connectivity index (χ2v) is 10.8. The number of amides is 1. The first kappa shape index (κ1) is 27.4. The number of nitrogens with zero attached hydrogens (tertiary/aromatic N) is 2. The van der Waals surface area contributed by atoms with E-state index in [0.717, 1.165) is 47.1 Å². The van der Waals surface area contributed by atoms with Gasteiger partial charge in [-0.25, -0.2) is 10.0 Å². The first-order valence-electron chi connectivity index (χ1n) is 13.5. The van der Waals surface area contributed by atoms with Crippen LogP contribution in [0.2, 0.25) is 0 Å². The molecule has 2 atom stereocenters. The zero-order chi connectivity index (χ0) is 27.1. The van der Waals surface area contributed by atoms with E-state index in [-0.39, 0.29) is 12.5 Å². The summed E-state index contributed by atoms with van der Waals surface area (Å²) in [6.07, 6.45) is 3.59. The zero-order valence-electron chi connectivity index (χ0n) is 21.9. The van der Waals surface area contributed by atoms with E-state index in [1.807, 2.05) is 83.9 Å². The van der Waals surface area contributed by atoms with Gasteiger partial charge >= 0.3 is 0 Å². The fraction of sp³-hybridized carbons (Fsp3) is 0.355. The van der Waals surface area contributed by atoms with E-state index in [0.29, 0.717) is 31.1 Å². The molecule has 8 heteroatoms. The van der Waals surface area contributed by atoms with Gasteiger partial charge in [-0.1, -0.05) is 70.9 Å². The minimum absolute atomic E-state index is 0.0860. The maximum atomic E-state index is 14.3. The molecule has 0 radical (unpaired) electrons. The van der Waals surface area contributed by atoms with Crippen LogP contribution in [0, 0.1) is 0 Å². The van der Waals surface area contributed by atoms with E-state index in [1.165, 1.54) is 6.42 Å². The number of aliphatic hydroxyl groups excluding tert-OH is 1. The topological polar surface area (TPSA) is 83.4 Å². The van der Waals surface area contributed by atoms with Crippen LogP contribution < -0.4 is 10.2 Å². The Balaban J connectivity index is 1.55. The van der Waals surface area contributed by atoms with Crippen molar-refractivity contribution in [3.8, 4) is 5.75 Å². The molecule has 2 N–H and O–H groups in total. The van der Waals surface area contributed by atoms with Crippen LogP contribution in [-0.4, -0.2) is 53.8 Å². The number of aliphatic hydroxyl groups is 1. The molecular formula is C31H34BrN3O4. The highest BCUT2D eigenvalue weighted by molar-refractivity contribution is 9.10. The molecule has 7 nitrogen and oxygen atoms in total. The lowest BCUT2D eigenvalue weighted by Gasteiger charge is -2.34. The van der Waals surface area contributed by atoms with E-state index < -0.39 is 11.6 Å². The molecule has 204 valence electrons. The molecular weight excluding hydrogens is 558 g/mol. The molecule has 0 bridgehead atoms. The Morgan fingerprint density at radius 3 is 2.46 bits per heavy atom. The number of hydrogen-bond donors (Lipinski definition) is 2. The molecule has 5 rings (SSSR count). The molecule has 0 aliphatic carbocycles. The first-order valence-corrected chi connectivity index (χ1v) is 14.3. The fourth-order valence-corrected chi connectivity index (χ4v) is 5.51. The number of carbonyl (C=O) groups excluding carboxylic acids is 1. The van der Waals surface area contributed by atoms with Crippen molar-refractivity contribution in [2.45, 2.75) is 43.7 Å². The molecule has 0 spiro atoms. The molecule has 1 amide bonds. The van der Waals surface area contributed by atoms with Gasteiger partial charge in [-0.2, -0.15) is 0 Å². The highest BCUT2D eigenvalue weighted by Crippen LogP contribution is 2.43. The quantitative estimate of drug-likeness (QED) is 0.316. The molecule has 0 unspecified atom stereocenters. The Labute approximate surface area is 238 Å². The van der Waals surface area contributed by atoms with Crippen molar-refractivity contribution < 1.29 is 19.4 Å². The SMILES string of the molecule is O=C(NN1CCCCC1)[C@@]1(Cc2ccccc2Br)N=C(c2ccc(OCCCO)cc2)O[C@H]1c1ccccc1. The van der Waals surface area contributed by atoms with Crippen molar-refractivity contribution in [2.75, 3.05) is 26.3 Å². The van der Waals surface area contributed by atoms with E-state index in [9.17, 15) is 4.79 Å². The van der Waals surface area contributed by atoms with Gasteiger partial charge in [-0.15, -0.1) is 0 Å². The summed E-state index contributed by atoms with van der Waals surface area (Å²) < 4.78 is 13.2. The van der Waals surface area contributed by atoms with Crippen LogP contribution in [0.3, 0.4) is 0 Å². The zero-order valence-corrected chi connectivity index (χ0v) is 23.5. The fourth-order valence-electron chi connectivity index (χ4n) is 5.09. The second kappa shape index (κ2) is 12.8. The van der Waals surface area contributed by atoms with Gasteiger partial charge in [0.2, 0.25) is 5.90 Å². The summed E-state index contributed by atoms with van der Waals surface area (Å²) in [6, 6.07) is 25.3. The van der Waals surface area contributed by atoms with Crippen molar-refractivity contribution >= 4 is 27.7 Å². The van der Waals surface area contributed by atoms with Gasteiger partial charge in [-0.3, -0.25) is 10.2 Å². The Morgan fingerprint density at radius 2 is 1.74 bits per heavy atom. The Kier molecular flexibility index (Phi) is 8.96. The number of nitrogens with one attached hydrogen (secondary N) is 1. The summed E-state index contributed by atoms with van der Waals surface area (Å²) in [4.78, 5) is 19.4. The maximum Gasteiger partial charge on any atom is 0.266 e. The summed E-state index contributed by atoms with van der Waals surface area (Å²) in [7, 11) is 0. The number of benzene rings is 3. The summed E-state index contributed by atoms with van der Waals surface area (Å²) in [5.41, 5.74) is 4.61. The highest BCUT2D eigenvalue weighted by Gasteiger charge is 2.54. The smallest absolute Gasteiger partial charge is 0.266 e. The van der Waals surface area contributed by atoms with E-state index in [4.69, 9.17) is 19.6 Å². The molecule has 0 saturated carbocycles. The van der Waals surface area contributed by atoms with Crippen LogP contribution in [0.5, 0.6) is 5.75 Å². The minimum atomic E-state index is -1.23. The van der Waals surface area contributed by atoms with E-state index in [2.05, 4.69) is 21.4 Å². The number of hydrogen-bond acceptors (Lipinski definition) is 6. The van der Waals surface area contributed by atoms with Crippen LogP contribution in [0.4, 0.5) is 0 Å². The molecule has 1 fully saturated rings. The Hall–Kier alpha value is -3.20. The molecule has 3 aromatic rings. The average Bonchev–Trinajstić information content (AvgIpc) is 3.36. The van der Waals surface area contributed by atoms with Crippen molar-refractivity contribution in [3.05, 3.63) is 100 Å². The van der Waals surface area contributed by atoms with Crippen LogP contribution in [-0.2, 0) is 16.0 Å². The number of ether oxygens (including phenoxy) is 2. The third kappa shape index (κ3) is 6.35. The van der Waals surface area contributed by atoms with Gasteiger partial charge in [0.05, 0.1) is 6.61 Å². The highest BCUT2D eigenvalue weighted by atomic mass is 79.9. The monoisotopic (exact) mass is 591 g/mol. The Morgan fingerprint density at radius 1 is 1.03 bits per heavy atom. The van der Waals surface area contributed by atoms with Gasteiger partial charge in [0.1, 0.15) is 5.75 Å². The molecule has 2 aliphatic rings. The van der Waals surface area contributed by atoms with Crippen LogP contribution in [0.15, 0.2) is 88.3 Å². The van der Waals surface area contributed by atoms with Crippen LogP contribution >= 0.6 is 15.9 Å². The van der Waals surface area contributed by atoms with Gasteiger partial charge in [-0.05, 0) is 54.3 Å². The summed E-state index contributed by atoms with van der Waals surface area (Å²) in [6.45, 7) is 2.17. The third-order valence-electron chi connectivity index (χ3n) is 7.17. The summed E-state index contributed by atoms with van der Waals surface area (Å²) >= 11 is 3.68. The number of carbonyl (C=O) groups is 1. The predicted molar refractivity (Wildman–Crippen MR) is 155 cm³/mol. The molecule has 3 aromatic carbocycles. The average molecular weight is 593 g/mol. The van der Waals surface area contributed by atoms with Gasteiger partial charge in [0.25, 0.3) is 5.91 Å². The van der Waals surface area contributed by atoms with Gasteiger partial charge in [0, 0.05) is 42.6 Å². The number of rotatable bonds is 10. The van der Waals surface area contributed by atoms with Crippen molar-refractivity contribution in [1.82, 2.24) is 10.4 Å². The number of hydrazine groups is 1. The summed E-state index contributed by atoms with van der Waals surface area (Å²) in [5.74, 6) is 0.951. The standard InChI is InChI=1S/C31H34BrN3O4/c32-27-13-6-5-12-25(27)22-31(30(37)34-35-18-7-2-8-19-35)28(23-10-3-1-4-11-23)39-29(33-31)24-14-16-26(17-15-24)38-21-9-20-36/h1,3-6,10-17,28,36H,2,7-9,18-22H2,(H,34,37)/t28-,31-/m0/s1. The van der Waals surface area contributed by atoms with Gasteiger partial charge in [0.15, 0.2) is 11.6 Å². The second-order valence-electron chi connectivity index (χ2n) is 9.96. The molecule has 2 aliphatic heterocycles. The maximum absolute atomic E-state index is 14.3. The summed E-state index contributed by atoms with van der Waals surface area (Å²) in [5, 5.41) is 11.0. The number of halogens is 1. The van der Waals surface area contributed by atoms with Crippen molar-refractivity contribution in [3.63, 3.8) is 0 Å². The lowest BCUT2D eigenvalue weighted by molar-refractivity contribution is -0.134. The number of aliphatic imine (C=N–C) groups is 1. The Bertz CT molecular complexity index is 1280. The molecule has 0 aromatic heterocycles. The van der Waals surface area contributed by atoms with Crippen LogP contribution in [0.1, 0.15) is 48.5 Å². The lowest BCUT2D eigenvalue weighted by atomic mass is 9.82. The predicted octanol–water partition coefficient (Wildman–Crippen LogP) is 5.23. The van der Waals surface area contributed by atoms with Crippen LogP contribution in [0.25, 0.3) is 0 Å². The molecule has 2 heterocycles. The van der Waals surface area contributed by atoms with E-state index in [1.54, 1.807) is 0 Å². The lowest BCUT2D eigenvalue weighted by Crippen LogP contribution is -2.56. The largest absolute Gasteiger partial charge is 0.494 e. The molecule has 1 saturated heterocycles. The van der Waals surface area contributed by atoms with Crippen molar-refractivity contribution in [2.24, 2.45) is 4.99 Å². The first-order chi connectivity index (χ1) is 19.1. The van der Waals surface area contributed by atoms with E-state index >= 15 is 0 Å². The third-order valence-corrected chi connectivity index (χ3v) is 7.94. The normalized spacial score (nSPS) is 21.2. The van der Waals surface area contributed by atoms with Crippen molar-refractivity contribution in [1.29, 1.82) is 0 Å². The number of piperidine rings is 1. The molecule has 39 heavy (non-hydrogen) atoms. The van der Waals surface area contributed by atoms with Gasteiger partial charge < -0.3 is 14.6 Å².